The molecule has 1 aromatic carbocycles. The molecule has 0 bridgehead atoms. The second-order valence-electron chi connectivity index (χ2n) is 8.22. The molecule has 0 radical (unpaired) electrons. The largest absolute Gasteiger partial charge is 0.459 e. The summed E-state index contributed by atoms with van der Waals surface area (Å²) < 4.78 is 5.46. The monoisotopic (exact) mass is 403 g/mol. The molecule has 0 aromatic heterocycles. The number of benzene rings is 1. The highest BCUT2D eigenvalue weighted by Crippen LogP contribution is 2.32. The van der Waals surface area contributed by atoms with E-state index in [1.54, 1.807) is 4.90 Å². The van der Waals surface area contributed by atoms with Gasteiger partial charge in [0.05, 0.1) is 17.7 Å². The Morgan fingerprint density at radius 1 is 1.29 bits per heavy atom. The summed E-state index contributed by atoms with van der Waals surface area (Å²) in [6, 6.07) is 6.96. The van der Waals surface area contributed by atoms with E-state index in [0.717, 1.165) is 11.3 Å². The lowest BCUT2D eigenvalue weighted by Crippen LogP contribution is -2.46. The zero-order valence-electron chi connectivity index (χ0n) is 17.5. The first-order chi connectivity index (χ1) is 12.9. The third-order valence-corrected chi connectivity index (χ3v) is 4.87. The first kappa shape index (κ1) is 21.9. The molecule has 2 N–H and O–H groups in total. The van der Waals surface area contributed by atoms with Gasteiger partial charge in [0, 0.05) is 23.8 Å². The average molecular weight is 404 g/mol. The van der Waals surface area contributed by atoms with Crippen molar-refractivity contribution in [3.05, 3.63) is 41.1 Å². The molecule has 0 aliphatic carbocycles. The van der Waals surface area contributed by atoms with E-state index in [-0.39, 0.29) is 18.0 Å². The van der Waals surface area contributed by atoms with E-state index in [9.17, 15) is 9.59 Å². The van der Waals surface area contributed by atoms with Gasteiger partial charge >= 0.3 is 5.97 Å². The molecule has 1 atom stereocenters. The number of carbonyl (C=O) groups excluding carboxylic acids is 2. The van der Waals surface area contributed by atoms with Crippen molar-refractivity contribution in [2.45, 2.75) is 53.7 Å². The molecule has 1 unspecified atom stereocenters. The van der Waals surface area contributed by atoms with Crippen LogP contribution in [0.25, 0.3) is 0 Å². The summed E-state index contributed by atoms with van der Waals surface area (Å²) in [5, 5.41) is 6.66. The molecule has 152 valence electrons. The molecular formula is C21H29N3O3S. The number of anilines is 1. The van der Waals surface area contributed by atoms with Crippen molar-refractivity contribution in [3.8, 4) is 0 Å². The second kappa shape index (κ2) is 8.31. The lowest BCUT2D eigenvalue weighted by Gasteiger charge is -2.35. The van der Waals surface area contributed by atoms with E-state index < -0.39 is 11.5 Å². The Morgan fingerprint density at radius 3 is 2.50 bits per heavy atom. The zero-order chi connectivity index (χ0) is 21.2. The predicted molar refractivity (Wildman–Crippen MR) is 115 cm³/mol. The van der Waals surface area contributed by atoms with Crippen LogP contribution in [0.1, 0.15) is 53.1 Å². The topological polar surface area (TPSA) is 70.7 Å². The third-order valence-electron chi connectivity index (χ3n) is 4.48. The second-order valence-corrected chi connectivity index (χ2v) is 8.61. The standard InChI is InChI=1S/C21H29N3O3S/c1-12(2)27-18(25)16-13(3)24(7)20(28)23-17(16)14-9-8-10-15(11-14)22-19(26)21(4,5)6/h8-12,17H,1-7H3,(H,22,26)(H,23,28). The molecule has 1 heterocycles. The van der Waals surface area contributed by atoms with Gasteiger partial charge in [-0.2, -0.15) is 0 Å². The molecule has 6 nitrogen and oxygen atoms in total. The van der Waals surface area contributed by atoms with Gasteiger partial charge in [0.25, 0.3) is 0 Å². The summed E-state index contributed by atoms with van der Waals surface area (Å²) in [6.07, 6.45) is -0.231. The molecule has 1 aliphatic rings. The average Bonchev–Trinajstić information content (AvgIpc) is 2.58. The van der Waals surface area contributed by atoms with E-state index in [4.69, 9.17) is 17.0 Å². The SMILES string of the molecule is CC1=C(C(=O)OC(C)C)C(c2cccc(NC(=O)C(C)(C)C)c2)NC(=S)N1C. The molecule has 1 aliphatic heterocycles. The number of hydrogen-bond acceptors (Lipinski definition) is 4. The first-order valence-electron chi connectivity index (χ1n) is 9.29. The molecule has 0 spiro atoms. The molecule has 7 heteroatoms. The number of thiocarbonyl (C=S) groups is 1. The minimum absolute atomic E-state index is 0.0809. The molecular weight excluding hydrogens is 374 g/mol. The number of nitrogens with zero attached hydrogens (tertiary/aromatic N) is 1. The van der Waals surface area contributed by atoms with Gasteiger partial charge < -0.3 is 20.3 Å². The van der Waals surface area contributed by atoms with Gasteiger partial charge in [0.15, 0.2) is 5.11 Å². The maximum atomic E-state index is 12.8. The fraction of sp³-hybridized carbons (Fsp3) is 0.476. The molecule has 28 heavy (non-hydrogen) atoms. The Labute approximate surface area is 172 Å². The van der Waals surface area contributed by atoms with Crippen molar-refractivity contribution < 1.29 is 14.3 Å². The van der Waals surface area contributed by atoms with Crippen LogP contribution in [-0.4, -0.2) is 35.0 Å². The van der Waals surface area contributed by atoms with E-state index in [1.165, 1.54) is 0 Å². The van der Waals surface area contributed by atoms with Crippen LogP contribution in [-0.2, 0) is 14.3 Å². The van der Waals surface area contributed by atoms with Crippen LogP contribution in [0.2, 0.25) is 0 Å². The van der Waals surface area contributed by atoms with Crippen molar-refractivity contribution >= 4 is 34.9 Å². The van der Waals surface area contributed by atoms with Crippen molar-refractivity contribution in [2.24, 2.45) is 5.41 Å². The molecule has 0 saturated heterocycles. The Balaban J connectivity index is 2.43. The van der Waals surface area contributed by atoms with Crippen LogP contribution >= 0.6 is 12.2 Å². The summed E-state index contributed by atoms with van der Waals surface area (Å²) in [7, 11) is 1.81. The molecule has 2 rings (SSSR count). The summed E-state index contributed by atoms with van der Waals surface area (Å²) in [5.41, 5.74) is 2.22. The maximum Gasteiger partial charge on any atom is 0.338 e. The van der Waals surface area contributed by atoms with Gasteiger partial charge in [-0.3, -0.25) is 4.79 Å². The van der Waals surface area contributed by atoms with Crippen LogP contribution in [0.4, 0.5) is 5.69 Å². The number of carbonyl (C=O) groups is 2. The highest BCUT2D eigenvalue weighted by molar-refractivity contribution is 7.80. The lowest BCUT2D eigenvalue weighted by molar-refractivity contribution is -0.143. The van der Waals surface area contributed by atoms with Crippen molar-refractivity contribution in [1.82, 2.24) is 10.2 Å². The van der Waals surface area contributed by atoms with E-state index >= 15 is 0 Å². The summed E-state index contributed by atoms with van der Waals surface area (Å²) in [5.74, 6) is -0.467. The highest BCUT2D eigenvalue weighted by atomic mass is 32.1. The number of amides is 1. The number of hydrogen-bond donors (Lipinski definition) is 2. The van der Waals surface area contributed by atoms with Crippen molar-refractivity contribution in [3.63, 3.8) is 0 Å². The van der Waals surface area contributed by atoms with Gasteiger partial charge in [-0.25, -0.2) is 4.79 Å². The molecule has 1 amide bonds. The minimum atomic E-state index is -0.508. The van der Waals surface area contributed by atoms with Gasteiger partial charge in [0.2, 0.25) is 5.91 Å². The van der Waals surface area contributed by atoms with E-state index in [0.29, 0.717) is 16.4 Å². The minimum Gasteiger partial charge on any atom is -0.459 e. The Morgan fingerprint density at radius 2 is 1.93 bits per heavy atom. The molecule has 1 aromatic rings. The quantitative estimate of drug-likeness (QED) is 0.589. The smallest absolute Gasteiger partial charge is 0.338 e. The fourth-order valence-corrected chi connectivity index (χ4v) is 3.00. The van der Waals surface area contributed by atoms with Crippen LogP contribution in [0.15, 0.2) is 35.5 Å². The number of allylic oxidation sites excluding steroid dienone is 1. The van der Waals surface area contributed by atoms with E-state index in [2.05, 4.69) is 10.6 Å². The fourth-order valence-electron chi connectivity index (χ4n) is 2.74. The van der Waals surface area contributed by atoms with Gasteiger partial charge in [-0.15, -0.1) is 0 Å². The number of rotatable bonds is 4. The Bertz CT molecular complexity index is 824. The number of nitrogens with one attached hydrogen (secondary N) is 2. The number of ether oxygens (including phenoxy) is 1. The number of esters is 1. The zero-order valence-corrected chi connectivity index (χ0v) is 18.4. The van der Waals surface area contributed by atoms with Crippen LogP contribution < -0.4 is 10.6 Å². The third kappa shape index (κ3) is 4.90. The first-order valence-corrected chi connectivity index (χ1v) is 9.70. The summed E-state index contributed by atoms with van der Waals surface area (Å²) in [6.45, 7) is 11.0. The molecule has 0 saturated carbocycles. The lowest BCUT2D eigenvalue weighted by atomic mass is 9.93. The molecule has 0 fully saturated rings. The van der Waals surface area contributed by atoms with Crippen LogP contribution in [0.3, 0.4) is 0 Å². The van der Waals surface area contributed by atoms with E-state index in [1.807, 2.05) is 72.9 Å². The summed E-state index contributed by atoms with van der Waals surface area (Å²) >= 11 is 5.42. The Hall–Kier alpha value is -2.41. The summed E-state index contributed by atoms with van der Waals surface area (Å²) in [4.78, 5) is 26.9. The maximum absolute atomic E-state index is 12.8. The van der Waals surface area contributed by atoms with Gasteiger partial charge in [-0.05, 0) is 50.7 Å². The van der Waals surface area contributed by atoms with Gasteiger partial charge in [0.1, 0.15) is 0 Å². The van der Waals surface area contributed by atoms with Crippen molar-refractivity contribution in [1.29, 1.82) is 0 Å². The van der Waals surface area contributed by atoms with Gasteiger partial charge in [-0.1, -0.05) is 32.9 Å². The predicted octanol–water partition coefficient (Wildman–Crippen LogP) is 3.76. The Kier molecular flexibility index (Phi) is 6.49. The normalized spacial score (nSPS) is 17.5. The highest BCUT2D eigenvalue weighted by Gasteiger charge is 2.34. The van der Waals surface area contributed by atoms with Crippen LogP contribution in [0, 0.1) is 5.41 Å². The van der Waals surface area contributed by atoms with Crippen molar-refractivity contribution in [2.75, 3.05) is 12.4 Å². The van der Waals surface area contributed by atoms with Crippen LogP contribution in [0.5, 0.6) is 0 Å².